The molecule has 3 rings (SSSR count). The normalized spacial score (nSPS) is 34.8. The molecule has 140 valence electrons. The fourth-order valence-electron chi connectivity index (χ4n) is 5.06. The van der Waals surface area contributed by atoms with Crippen molar-refractivity contribution in [3.8, 4) is 0 Å². The second-order valence-corrected chi connectivity index (χ2v) is 8.90. The average Bonchev–Trinajstić information content (AvgIpc) is 2.63. The Morgan fingerprint density at radius 1 is 0.667 bits per heavy atom. The highest BCUT2D eigenvalue weighted by Crippen LogP contribution is 2.41. The summed E-state index contributed by atoms with van der Waals surface area (Å²) < 4.78 is 4.85. The summed E-state index contributed by atoms with van der Waals surface area (Å²) in [5, 5.41) is 0. The quantitative estimate of drug-likeness (QED) is 0.547. The van der Waals surface area contributed by atoms with Gasteiger partial charge >= 0.3 is 5.97 Å². The van der Waals surface area contributed by atoms with Gasteiger partial charge in [0.25, 0.3) is 0 Å². The van der Waals surface area contributed by atoms with Gasteiger partial charge < -0.3 is 4.74 Å². The number of rotatable bonds is 2. The number of ether oxygens (including phenoxy) is 1. The summed E-state index contributed by atoms with van der Waals surface area (Å²) in [6.07, 6.45) is 17.7. The van der Waals surface area contributed by atoms with Crippen molar-refractivity contribution in [2.75, 3.05) is 7.11 Å². The maximum Gasteiger partial charge on any atom is 0.308 e. The molecular formula is C22H40O2. The van der Waals surface area contributed by atoms with E-state index in [0.717, 1.165) is 36.5 Å². The minimum atomic E-state index is 0.0146. The Morgan fingerprint density at radius 3 is 1.54 bits per heavy atom. The lowest BCUT2D eigenvalue weighted by Gasteiger charge is -2.36. The van der Waals surface area contributed by atoms with Crippen LogP contribution in [0.25, 0.3) is 0 Å². The standard InChI is InChI=1S/C15H26O2.C7H14/c1-11-3-5-12(6-4-11)13-7-9-14(10-8-13)15(16)17-2;1-7-5-3-2-4-6-7/h11-14H,3-10H2,1-2H3;7H,2-6H2,1H3. The molecule has 24 heavy (non-hydrogen) atoms. The molecule has 0 aromatic heterocycles. The Kier molecular flexibility index (Phi) is 8.62. The maximum atomic E-state index is 11.5. The first-order valence-electron chi connectivity index (χ1n) is 10.7. The molecule has 0 spiro atoms. The van der Waals surface area contributed by atoms with Crippen LogP contribution in [-0.2, 0) is 9.53 Å². The van der Waals surface area contributed by atoms with Crippen molar-refractivity contribution >= 4 is 5.97 Å². The third-order valence-corrected chi connectivity index (χ3v) is 6.93. The molecule has 2 nitrogen and oxygen atoms in total. The zero-order valence-electron chi connectivity index (χ0n) is 16.4. The molecule has 0 aromatic rings. The third-order valence-electron chi connectivity index (χ3n) is 6.93. The monoisotopic (exact) mass is 336 g/mol. The molecule has 0 N–H and O–H groups in total. The fourth-order valence-corrected chi connectivity index (χ4v) is 5.06. The van der Waals surface area contributed by atoms with Crippen molar-refractivity contribution in [3.63, 3.8) is 0 Å². The predicted octanol–water partition coefficient (Wildman–Crippen LogP) is 6.38. The average molecular weight is 337 g/mol. The van der Waals surface area contributed by atoms with E-state index in [9.17, 15) is 4.79 Å². The molecule has 0 bridgehead atoms. The molecule has 0 radical (unpaired) electrons. The predicted molar refractivity (Wildman–Crippen MR) is 101 cm³/mol. The molecule has 3 fully saturated rings. The van der Waals surface area contributed by atoms with E-state index in [2.05, 4.69) is 13.8 Å². The zero-order chi connectivity index (χ0) is 17.4. The largest absolute Gasteiger partial charge is 0.469 e. The molecule has 3 saturated carbocycles. The summed E-state index contributed by atoms with van der Waals surface area (Å²) >= 11 is 0. The van der Waals surface area contributed by atoms with Gasteiger partial charge in [-0.25, -0.2) is 0 Å². The van der Waals surface area contributed by atoms with Crippen molar-refractivity contribution in [1.29, 1.82) is 0 Å². The zero-order valence-corrected chi connectivity index (χ0v) is 16.4. The molecule has 0 aliphatic heterocycles. The van der Waals surface area contributed by atoms with Gasteiger partial charge in [-0.05, 0) is 62.2 Å². The van der Waals surface area contributed by atoms with E-state index >= 15 is 0 Å². The highest BCUT2D eigenvalue weighted by atomic mass is 16.5. The maximum absolute atomic E-state index is 11.5. The second-order valence-electron chi connectivity index (χ2n) is 8.90. The van der Waals surface area contributed by atoms with Gasteiger partial charge in [0.15, 0.2) is 0 Å². The van der Waals surface area contributed by atoms with E-state index in [1.807, 2.05) is 0 Å². The number of carbonyl (C=O) groups excluding carboxylic acids is 1. The number of methoxy groups -OCH3 is 1. The lowest BCUT2D eigenvalue weighted by molar-refractivity contribution is -0.147. The van der Waals surface area contributed by atoms with Crippen LogP contribution in [-0.4, -0.2) is 13.1 Å². The van der Waals surface area contributed by atoms with Crippen molar-refractivity contribution in [2.45, 2.75) is 97.3 Å². The summed E-state index contributed by atoms with van der Waals surface area (Å²) in [4.78, 5) is 11.5. The van der Waals surface area contributed by atoms with E-state index < -0.39 is 0 Å². The van der Waals surface area contributed by atoms with Crippen molar-refractivity contribution in [3.05, 3.63) is 0 Å². The topological polar surface area (TPSA) is 26.3 Å². The third kappa shape index (κ3) is 6.41. The Hall–Kier alpha value is -0.530. The summed E-state index contributed by atoms with van der Waals surface area (Å²) in [6.45, 7) is 4.74. The first kappa shape index (κ1) is 19.8. The van der Waals surface area contributed by atoms with E-state index in [0.29, 0.717) is 0 Å². The highest BCUT2D eigenvalue weighted by molar-refractivity contribution is 5.72. The van der Waals surface area contributed by atoms with Gasteiger partial charge in [-0.3, -0.25) is 4.79 Å². The van der Waals surface area contributed by atoms with E-state index in [-0.39, 0.29) is 11.9 Å². The molecule has 0 amide bonds. The van der Waals surface area contributed by atoms with Crippen molar-refractivity contribution in [2.24, 2.45) is 29.6 Å². The van der Waals surface area contributed by atoms with Gasteiger partial charge in [0.1, 0.15) is 0 Å². The second kappa shape index (κ2) is 10.5. The Labute approximate surface area is 150 Å². The van der Waals surface area contributed by atoms with E-state index in [4.69, 9.17) is 4.74 Å². The summed E-state index contributed by atoms with van der Waals surface area (Å²) in [5.41, 5.74) is 0. The first-order chi connectivity index (χ1) is 11.6. The lowest BCUT2D eigenvalue weighted by Crippen LogP contribution is -2.28. The van der Waals surface area contributed by atoms with Crippen LogP contribution in [0, 0.1) is 29.6 Å². The van der Waals surface area contributed by atoms with Gasteiger partial charge in [0.2, 0.25) is 0 Å². The number of carbonyl (C=O) groups is 1. The lowest BCUT2D eigenvalue weighted by atomic mass is 9.69. The minimum Gasteiger partial charge on any atom is -0.469 e. The molecule has 2 heteroatoms. The van der Waals surface area contributed by atoms with Crippen LogP contribution in [0.2, 0.25) is 0 Å². The van der Waals surface area contributed by atoms with Crippen LogP contribution in [0.1, 0.15) is 97.3 Å². The Bertz CT molecular complexity index is 343. The fraction of sp³-hybridized carbons (Fsp3) is 0.955. The van der Waals surface area contributed by atoms with Crippen molar-refractivity contribution in [1.82, 2.24) is 0 Å². The molecule has 0 heterocycles. The molecular weight excluding hydrogens is 296 g/mol. The van der Waals surface area contributed by atoms with Crippen LogP contribution >= 0.6 is 0 Å². The molecule has 0 saturated heterocycles. The number of hydrogen-bond acceptors (Lipinski definition) is 2. The summed E-state index contributed by atoms with van der Waals surface area (Å²) in [7, 11) is 1.51. The molecule has 3 aliphatic rings. The smallest absolute Gasteiger partial charge is 0.308 e. The van der Waals surface area contributed by atoms with Gasteiger partial charge in [-0.15, -0.1) is 0 Å². The van der Waals surface area contributed by atoms with Gasteiger partial charge in [0.05, 0.1) is 13.0 Å². The van der Waals surface area contributed by atoms with Crippen LogP contribution < -0.4 is 0 Å². The van der Waals surface area contributed by atoms with Gasteiger partial charge in [-0.1, -0.05) is 58.8 Å². The van der Waals surface area contributed by atoms with Crippen LogP contribution in [0.4, 0.5) is 0 Å². The highest BCUT2D eigenvalue weighted by Gasteiger charge is 2.32. The minimum absolute atomic E-state index is 0.0146. The van der Waals surface area contributed by atoms with Crippen LogP contribution in [0.5, 0.6) is 0 Å². The van der Waals surface area contributed by atoms with Gasteiger partial charge in [0, 0.05) is 0 Å². The number of hydrogen-bond donors (Lipinski definition) is 0. The molecule has 0 aromatic carbocycles. The Balaban J connectivity index is 0.000000249. The van der Waals surface area contributed by atoms with Crippen LogP contribution in [0.15, 0.2) is 0 Å². The van der Waals surface area contributed by atoms with E-state index in [1.165, 1.54) is 77.7 Å². The molecule has 0 atom stereocenters. The molecule has 3 aliphatic carbocycles. The number of esters is 1. The Morgan fingerprint density at radius 2 is 1.12 bits per heavy atom. The van der Waals surface area contributed by atoms with Crippen molar-refractivity contribution < 1.29 is 9.53 Å². The summed E-state index contributed by atoms with van der Waals surface area (Å²) in [5.74, 6) is 4.03. The van der Waals surface area contributed by atoms with E-state index in [1.54, 1.807) is 0 Å². The molecule has 0 unspecified atom stereocenters. The summed E-state index contributed by atoms with van der Waals surface area (Å²) in [6, 6.07) is 0. The first-order valence-corrected chi connectivity index (χ1v) is 10.7. The van der Waals surface area contributed by atoms with Crippen LogP contribution in [0.3, 0.4) is 0 Å². The SMILES string of the molecule is CC1CCCCC1.COC(=O)C1CCC(C2CCC(C)CC2)CC1. The van der Waals surface area contributed by atoms with Gasteiger partial charge in [-0.2, -0.15) is 0 Å².